The predicted octanol–water partition coefficient (Wildman–Crippen LogP) is 4.43. The lowest BCUT2D eigenvalue weighted by atomic mass is 9.84. The highest BCUT2D eigenvalue weighted by atomic mass is 32.1. The molecule has 180 valence electrons. The Morgan fingerprint density at radius 3 is 2.46 bits per heavy atom. The Kier molecular flexibility index (Phi) is 6.60. The molecule has 35 heavy (non-hydrogen) atoms. The van der Waals surface area contributed by atoms with E-state index in [-0.39, 0.29) is 10.4 Å². The first-order valence-corrected chi connectivity index (χ1v) is 10.5. The summed E-state index contributed by atoms with van der Waals surface area (Å²) in [4.78, 5) is 3.87. The third kappa shape index (κ3) is 4.89. The molecule has 4 aromatic rings. The number of nitrogens with zero attached hydrogens (tertiary/aromatic N) is 5. The summed E-state index contributed by atoms with van der Waals surface area (Å²) >= 11 is 0.795. The fourth-order valence-electron chi connectivity index (χ4n) is 3.20. The Balaban J connectivity index is 1.68. The molecule has 1 atom stereocenters. The smallest absolute Gasteiger partial charge is 0.323 e. The molecule has 0 bridgehead atoms. The quantitative estimate of drug-likeness (QED) is 0.308. The van der Waals surface area contributed by atoms with Crippen LogP contribution < -0.4 is 0 Å². The average molecular weight is 509 g/mol. The summed E-state index contributed by atoms with van der Waals surface area (Å²) in [6.45, 7) is -0.983. The molecule has 3 heterocycles. The molecular weight excluding hydrogens is 496 g/mol. The third-order valence-electron chi connectivity index (χ3n) is 4.94. The number of aromatic nitrogens is 5. The number of aliphatic hydroxyl groups is 1. The van der Waals surface area contributed by atoms with Crippen molar-refractivity contribution < 1.29 is 31.4 Å². The highest BCUT2D eigenvalue weighted by Crippen LogP contribution is 2.46. The zero-order valence-corrected chi connectivity index (χ0v) is 18.2. The second kappa shape index (κ2) is 9.47. The van der Waals surface area contributed by atoms with Gasteiger partial charge in [-0.05, 0) is 46.8 Å². The summed E-state index contributed by atoms with van der Waals surface area (Å²) in [6, 6.07) is 6.52. The van der Waals surface area contributed by atoms with E-state index in [1.807, 2.05) is 0 Å². The zero-order chi connectivity index (χ0) is 25.2. The van der Waals surface area contributed by atoms with Crippen LogP contribution in [0.4, 0.5) is 26.3 Å². The van der Waals surface area contributed by atoms with Crippen LogP contribution in [-0.4, -0.2) is 30.3 Å². The third-order valence-corrected chi connectivity index (χ3v) is 5.94. The van der Waals surface area contributed by atoms with Crippen LogP contribution in [0, 0.1) is 23.5 Å². The number of thiophene rings is 1. The van der Waals surface area contributed by atoms with Crippen molar-refractivity contribution >= 4 is 11.3 Å². The number of halogens is 6. The van der Waals surface area contributed by atoms with Gasteiger partial charge in [-0.1, -0.05) is 11.8 Å². The van der Waals surface area contributed by atoms with E-state index in [0.29, 0.717) is 17.0 Å². The van der Waals surface area contributed by atoms with Crippen molar-refractivity contribution in [2.45, 2.75) is 24.5 Å². The molecular formula is C22H13F6N5OS. The molecule has 0 spiro atoms. The van der Waals surface area contributed by atoms with E-state index < -0.39 is 47.4 Å². The van der Waals surface area contributed by atoms with Gasteiger partial charge in [0.1, 0.15) is 23.7 Å². The van der Waals surface area contributed by atoms with Crippen LogP contribution in [0.3, 0.4) is 0 Å². The van der Waals surface area contributed by atoms with Crippen molar-refractivity contribution in [1.82, 2.24) is 25.2 Å². The molecule has 0 aliphatic rings. The summed E-state index contributed by atoms with van der Waals surface area (Å²) in [5, 5.41) is 21.2. The van der Waals surface area contributed by atoms with E-state index in [9.17, 15) is 22.7 Å². The van der Waals surface area contributed by atoms with E-state index in [1.54, 1.807) is 0 Å². The first-order chi connectivity index (χ1) is 16.6. The van der Waals surface area contributed by atoms with Crippen molar-refractivity contribution in [3.63, 3.8) is 0 Å². The minimum Gasteiger partial charge on any atom is -0.377 e. The minimum atomic E-state index is -4.20. The molecule has 0 aliphatic carbocycles. The lowest BCUT2D eigenvalue weighted by Gasteiger charge is -2.35. The maximum Gasteiger partial charge on any atom is 0.323 e. The highest BCUT2D eigenvalue weighted by Gasteiger charge is 2.57. The molecule has 1 N–H and O–H groups in total. The van der Waals surface area contributed by atoms with Crippen LogP contribution in [0.2, 0.25) is 0 Å². The molecule has 0 radical (unpaired) electrons. The van der Waals surface area contributed by atoms with Crippen LogP contribution in [0.15, 0.2) is 55.0 Å². The Labute approximate surface area is 197 Å². The molecule has 13 heteroatoms. The Bertz CT molecular complexity index is 1380. The van der Waals surface area contributed by atoms with Crippen molar-refractivity contribution in [2.75, 3.05) is 0 Å². The van der Waals surface area contributed by atoms with Crippen molar-refractivity contribution in [1.29, 1.82) is 0 Å². The monoisotopic (exact) mass is 509 g/mol. The van der Waals surface area contributed by atoms with Gasteiger partial charge in [0.25, 0.3) is 6.43 Å². The average Bonchev–Trinajstić information content (AvgIpc) is 3.50. The Hall–Kier alpha value is -3.76. The highest BCUT2D eigenvalue weighted by molar-refractivity contribution is 7.12. The number of hydrogen-bond acceptors (Lipinski definition) is 6. The number of tetrazole rings is 1. The molecule has 0 amide bonds. The first kappa shape index (κ1) is 24.4. The van der Waals surface area contributed by atoms with Gasteiger partial charge in [0.15, 0.2) is 5.60 Å². The summed E-state index contributed by atoms with van der Waals surface area (Å²) < 4.78 is 85.4. The lowest BCUT2D eigenvalue weighted by Crippen LogP contribution is -2.48. The van der Waals surface area contributed by atoms with Gasteiger partial charge in [0.2, 0.25) is 0 Å². The Morgan fingerprint density at radius 2 is 1.86 bits per heavy atom. The summed E-state index contributed by atoms with van der Waals surface area (Å²) in [7, 11) is 0. The largest absolute Gasteiger partial charge is 0.377 e. The van der Waals surface area contributed by atoms with Crippen molar-refractivity contribution in [3.05, 3.63) is 93.2 Å². The van der Waals surface area contributed by atoms with Crippen LogP contribution in [0.25, 0.3) is 0 Å². The Morgan fingerprint density at radius 1 is 1.06 bits per heavy atom. The SMILES string of the molecule is OC(Cn1cnnn1)(c1ccc(F)cc1F)C(F)(F)c1ccc(C#Cc2ccc(C(F)F)s2)cn1. The van der Waals surface area contributed by atoms with Gasteiger partial charge in [-0.2, -0.15) is 8.78 Å². The second-order valence-electron chi connectivity index (χ2n) is 7.25. The number of benzene rings is 1. The van der Waals surface area contributed by atoms with Gasteiger partial charge < -0.3 is 5.11 Å². The van der Waals surface area contributed by atoms with Crippen molar-refractivity contribution in [2.24, 2.45) is 0 Å². The maximum atomic E-state index is 15.7. The van der Waals surface area contributed by atoms with Gasteiger partial charge in [-0.15, -0.1) is 16.4 Å². The summed E-state index contributed by atoms with van der Waals surface area (Å²) in [5.74, 6) is -1.36. The normalized spacial score (nSPS) is 13.4. The second-order valence-corrected chi connectivity index (χ2v) is 8.37. The number of rotatable bonds is 6. The number of hydrogen-bond donors (Lipinski definition) is 1. The van der Waals surface area contributed by atoms with Gasteiger partial charge in [-0.25, -0.2) is 22.2 Å². The molecule has 6 nitrogen and oxygen atoms in total. The van der Waals surface area contributed by atoms with Crippen LogP contribution in [0.1, 0.15) is 33.0 Å². The van der Waals surface area contributed by atoms with Crippen LogP contribution in [0.5, 0.6) is 0 Å². The van der Waals surface area contributed by atoms with Gasteiger partial charge in [0, 0.05) is 23.4 Å². The van der Waals surface area contributed by atoms with E-state index in [2.05, 4.69) is 32.4 Å². The van der Waals surface area contributed by atoms with Crippen LogP contribution in [-0.2, 0) is 18.1 Å². The summed E-state index contributed by atoms with van der Waals surface area (Å²) in [5.41, 5.74) is -4.90. The zero-order valence-electron chi connectivity index (χ0n) is 17.3. The van der Waals surface area contributed by atoms with E-state index in [4.69, 9.17) is 0 Å². The lowest BCUT2D eigenvalue weighted by molar-refractivity contribution is -0.207. The maximum absolute atomic E-state index is 15.7. The first-order valence-electron chi connectivity index (χ1n) is 9.73. The minimum absolute atomic E-state index is 0.155. The van der Waals surface area contributed by atoms with Crippen molar-refractivity contribution in [3.8, 4) is 11.8 Å². The predicted molar refractivity (Wildman–Crippen MR) is 111 cm³/mol. The molecule has 0 fully saturated rings. The molecule has 1 aromatic carbocycles. The molecule has 0 aliphatic heterocycles. The van der Waals surface area contributed by atoms with Gasteiger partial charge in [-0.3, -0.25) is 4.98 Å². The van der Waals surface area contributed by atoms with Gasteiger partial charge >= 0.3 is 5.92 Å². The number of pyridine rings is 1. The van der Waals surface area contributed by atoms with E-state index >= 15 is 8.78 Å². The molecule has 1 unspecified atom stereocenters. The molecule has 3 aromatic heterocycles. The fourth-order valence-corrected chi connectivity index (χ4v) is 3.92. The van der Waals surface area contributed by atoms with E-state index in [0.717, 1.165) is 40.7 Å². The molecule has 4 rings (SSSR count). The summed E-state index contributed by atoms with van der Waals surface area (Å²) in [6.07, 6.45) is -0.689. The standard InChI is InChI=1S/C22H13F6N5OS/c23-14-3-6-16(17(24)9-14)21(34,11-33-12-30-31-32-33)22(27,28)19-8-2-13(10-29-19)1-4-15-5-7-18(35-15)20(25)26/h2-3,5-10,12,20,34H,11H2. The van der Waals surface area contributed by atoms with Gasteiger partial charge in [0.05, 0.1) is 16.3 Å². The number of alkyl halides is 4. The molecule has 0 saturated carbocycles. The topological polar surface area (TPSA) is 76.7 Å². The fraction of sp³-hybridized carbons (Fsp3) is 0.182. The van der Waals surface area contributed by atoms with E-state index in [1.165, 1.54) is 18.2 Å². The molecule has 0 saturated heterocycles. The van der Waals surface area contributed by atoms with Crippen LogP contribution >= 0.6 is 11.3 Å².